The van der Waals surface area contributed by atoms with Crippen molar-refractivity contribution in [2.45, 2.75) is 76.6 Å². The monoisotopic (exact) mass is 931 g/mol. The van der Waals surface area contributed by atoms with Gasteiger partial charge in [0.25, 0.3) is 11.8 Å². The van der Waals surface area contributed by atoms with Crippen LogP contribution in [0.15, 0.2) is 66.7 Å². The summed E-state index contributed by atoms with van der Waals surface area (Å²) in [7, 11) is 0. The molecule has 0 aliphatic carbocycles. The third-order valence-corrected chi connectivity index (χ3v) is 11.8. The van der Waals surface area contributed by atoms with E-state index in [4.69, 9.17) is 18.9 Å². The summed E-state index contributed by atoms with van der Waals surface area (Å²) >= 11 is 1.32. The Labute approximate surface area is 383 Å². The number of hydrogen-bond acceptors (Lipinski definition) is 15. The number of unbranched alkanes of at least 4 members (excludes halogenated alkanes) is 1. The van der Waals surface area contributed by atoms with Gasteiger partial charge < -0.3 is 49.8 Å². The van der Waals surface area contributed by atoms with Gasteiger partial charge in [0.05, 0.1) is 29.0 Å². The molecule has 0 saturated carbocycles. The molecule has 4 N–H and O–H groups in total. The summed E-state index contributed by atoms with van der Waals surface area (Å²) in [6.45, 7) is 6.96. The van der Waals surface area contributed by atoms with E-state index in [1.807, 2.05) is 0 Å². The Morgan fingerprint density at radius 1 is 0.742 bits per heavy atom. The SMILES string of the molecule is CC(=O)Oc1cccc(C(=O)NCCCCN(CC(=O)N[C@@H](C(=O)NC[C@@H]2C(=O)N3C2SC(C)(C)[C@@H]3C(=O)O)c2ccccc2)C(=O)c2cccc(OC(C)=O)c2OC(C)=O)c1OC(C)=O. The highest BCUT2D eigenvalue weighted by Crippen LogP contribution is 2.53. The van der Waals surface area contributed by atoms with Crippen molar-refractivity contribution in [3.8, 4) is 23.0 Å². The fourth-order valence-corrected chi connectivity index (χ4v) is 9.09. The molecule has 0 bridgehead atoms. The number of para-hydroxylation sites is 2. The number of carbonyl (C=O) groups excluding carboxylic acids is 9. The molecule has 66 heavy (non-hydrogen) atoms. The van der Waals surface area contributed by atoms with Crippen molar-refractivity contribution in [2.75, 3.05) is 26.2 Å². The maximum absolute atomic E-state index is 14.4. The van der Waals surface area contributed by atoms with E-state index >= 15 is 0 Å². The van der Waals surface area contributed by atoms with Gasteiger partial charge in [-0.1, -0.05) is 42.5 Å². The van der Waals surface area contributed by atoms with Gasteiger partial charge in [-0.15, -0.1) is 11.8 Å². The van der Waals surface area contributed by atoms with Crippen LogP contribution in [0.25, 0.3) is 0 Å². The van der Waals surface area contributed by atoms with Crippen LogP contribution < -0.4 is 34.9 Å². The molecule has 350 valence electrons. The van der Waals surface area contributed by atoms with Crippen LogP contribution in [0.3, 0.4) is 0 Å². The van der Waals surface area contributed by atoms with Crippen molar-refractivity contribution < 1.29 is 72.0 Å². The second kappa shape index (κ2) is 21.6. The molecular formula is C45H49N5O15S. The summed E-state index contributed by atoms with van der Waals surface area (Å²) in [6.07, 6.45) is 0.369. The Morgan fingerprint density at radius 2 is 1.30 bits per heavy atom. The number of thioether (sulfide) groups is 1. The number of hydrogen-bond donors (Lipinski definition) is 4. The van der Waals surface area contributed by atoms with Crippen LogP contribution in [0.4, 0.5) is 0 Å². The molecule has 3 aromatic rings. The largest absolute Gasteiger partial charge is 0.480 e. The summed E-state index contributed by atoms with van der Waals surface area (Å²) in [5.74, 6) is -9.43. The Kier molecular flexibility index (Phi) is 16.3. The fourth-order valence-electron chi connectivity index (χ4n) is 7.41. The zero-order valence-electron chi connectivity index (χ0n) is 36.9. The number of carboxylic acids is 1. The Morgan fingerprint density at radius 3 is 1.86 bits per heavy atom. The highest BCUT2D eigenvalue weighted by atomic mass is 32.2. The maximum atomic E-state index is 14.4. The van der Waals surface area contributed by atoms with Crippen LogP contribution >= 0.6 is 11.8 Å². The van der Waals surface area contributed by atoms with E-state index in [0.717, 1.165) is 32.6 Å². The molecule has 5 amide bonds. The standard InChI is InChI=1S/C45H49N5O15S/c1-24(51)62-32-18-12-16-29(36(32)64-26(3)53)39(56)46-20-10-11-21-49(41(58)30-17-13-19-33(63-25(2)52)37(30)65-27(4)54)23-34(55)48-35(28-14-8-7-9-15-28)40(57)47-22-31-42(59)50-38(44(60)61)45(5,6)66-43(31)50/h7-9,12-19,31,35,38,43H,10-11,20-23H2,1-6H3,(H,46,56)(H,47,57)(H,48,55)(H,60,61)/t31-,35-,38+,43?/m1/s1. The third-order valence-electron chi connectivity index (χ3n) is 10.2. The third kappa shape index (κ3) is 12.1. The van der Waals surface area contributed by atoms with E-state index in [9.17, 15) is 53.1 Å². The van der Waals surface area contributed by atoms with E-state index in [-0.39, 0.29) is 66.6 Å². The number of aliphatic carboxylic acids is 1. The number of β-lactam (4-membered cyclic amide) rings is 1. The number of nitrogens with one attached hydrogen (secondary N) is 3. The van der Waals surface area contributed by atoms with Crippen LogP contribution in [0, 0.1) is 5.92 Å². The molecule has 2 heterocycles. The number of ether oxygens (including phenoxy) is 4. The molecule has 2 aliphatic heterocycles. The van der Waals surface area contributed by atoms with Gasteiger partial charge in [0.15, 0.2) is 23.0 Å². The average Bonchev–Trinajstić information content (AvgIpc) is 3.49. The van der Waals surface area contributed by atoms with Gasteiger partial charge in [0.2, 0.25) is 17.7 Å². The number of rotatable bonds is 19. The minimum Gasteiger partial charge on any atom is -0.480 e. The van der Waals surface area contributed by atoms with Crippen molar-refractivity contribution in [1.82, 2.24) is 25.8 Å². The highest BCUT2D eigenvalue weighted by Gasteiger charge is 2.63. The topological polar surface area (TPSA) is 270 Å². The van der Waals surface area contributed by atoms with E-state index < -0.39 is 94.0 Å². The lowest BCUT2D eigenvalue weighted by Crippen LogP contribution is -2.65. The molecule has 4 atom stereocenters. The van der Waals surface area contributed by atoms with Crippen LogP contribution in [-0.4, -0.2) is 117 Å². The van der Waals surface area contributed by atoms with E-state index in [1.54, 1.807) is 44.2 Å². The van der Waals surface area contributed by atoms with E-state index in [1.165, 1.54) is 53.1 Å². The van der Waals surface area contributed by atoms with Gasteiger partial charge in [0.1, 0.15) is 12.1 Å². The average molecular weight is 932 g/mol. The number of benzene rings is 3. The summed E-state index contributed by atoms with van der Waals surface area (Å²) in [5.41, 5.74) is 0.0160. The fraction of sp³-hybridized carbons (Fsp3) is 0.378. The molecule has 2 fully saturated rings. The van der Waals surface area contributed by atoms with Crippen molar-refractivity contribution >= 4 is 71.1 Å². The molecule has 2 aliphatic rings. The smallest absolute Gasteiger partial charge is 0.327 e. The number of fused-ring (bicyclic) bond motifs is 1. The molecule has 5 rings (SSSR count). The van der Waals surface area contributed by atoms with Gasteiger partial charge in [-0.05, 0) is 56.5 Å². The predicted molar refractivity (Wildman–Crippen MR) is 233 cm³/mol. The molecule has 0 aromatic heterocycles. The summed E-state index contributed by atoms with van der Waals surface area (Å²) < 4.78 is 20.0. The summed E-state index contributed by atoms with van der Waals surface area (Å²) in [6, 6.07) is 13.9. The van der Waals surface area contributed by atoms with E-state index in [2.05, 4.69) is 16.0 Å². The highest BCUT2D eigenvalue weighted by molar-refractivity contribution is 8.01. The van der Waals surface area contributed by atoms with Gasteiger partial charge in [-0.25, -0.2) is 4.79 Å². The lowest BCUT2D eigenvalue weighted by molar-refractivity contribution is -0.163. The van der Waals surface area contributed by atoms with Gasteiger partial charge in [-0.3, -0.25) is 43.2 Å². The normalized spacial score (nSPS) is 17.2. The second-order valence-electron chi connectivity index (χ2n) is 15.7. The Bertz CT molecular complexity index is 2430. The van der Waals surface area contributed by atoms with Crippen molar-refractivity contribution in [3.05, 3.63) is 83.4 Å². The predicted octanol–water partition coefficient (Wildman–Crippen LogP) is 2.78. The number of carbonyl (C=O) groups is 10. The van der Waals surface area contributed by atoms with Crippen molar-refractivity contribution in [1.29, 1.82) is 0 Å². The van der Waals surface area contributed by atoms with Crippen LogP contribution in [0.5, 0.6) is 23.0 Å². The van der Waals surface area contributed by atoms with Gasteiger partial charge in [-0.2, -0.15) is 0 Å². The molecule has 20 nitrogen and oxygen atoms in total. The summed E-state index contributed by atoms with van der Waals surface area (Å²) in [4.78, 5) is 131. The molecule has 21 heteroatoms. The Balaban J connectivity index is 1.34. The van der Waals surface area contributed by atoms with Crippen LogP contribution in [0.1, 0.15) is 86.7 Å². The lowest BCUT2D eigenvalue weighted by Gasteiger charge is -2.43. The first-order valence-electron chi connectivity index (χ1n) is 20.6. The van der Waals surface area contributed by atoms with Crippen LogP contribution in [-0.2, 0) is 38.4 Å². The number of carboxylic acid groups (broad SMARTS) is 1. The minimum absolute atomic E-state index is 0.0103. The lowest BCUT2D eigenvalue weighted by atomic mass is 9.91. The zero-order valence-corrected chi connectivity index (χ0v) is 37.7. The number of amides is 5. The van der Waals surface area contributed by atoms with Crippen molar-refractivity contribution in [3.63, 3.8) is 0 Å². The van der Waals surface area contributed by atoms with Gasteiger partial charge >= 0.3 is 29.8 Å². The maximum Gasteiger partial charge on any atom is 0.327 e. The number of nitrogens with zero attached hydrogens (tertiary/aromatic N) is 2. The number of esters is 4. The second-order valence-corrected chi connectivity index (χ2v) is 17.5. The summed E-state index contributed by atoms with van der Waals surface area (Å²) in [5, 5.41) is 17.4. The van der Waals surface area contributed by atoms with Crippen LogP contribution in [0.2, 0.25) is 0 Å². The molecule has 2 saturated heterocycles. The first kappa shape index (κ1) is 49.7. The molecule has 3 aromatic carbocycles. The quantitative estimate of drug-likeness (QED) is 0.0583. The van der Waals surface area contributed by atoms with Gasteiger partial charge in [0, 0.05) is 52.1 Å². The zero-order chi connectivity index (χ0) is 48.5. The molecule has 0 spiro atoms. The Hall–Kier alpha value is -7.29. The molecular weight excluding hydrogens is 883 g/mol. The molecule has 0 radical (unpaired) electrons. The van der Waals surface area contributed by atoms with E-state index in [0.29, 0.717) is 5.56 Å². The first-order chi connectivity index (χ1) is 31.2. The van der Waals surface area contributed by atoms with Crippen molar-refractivity contribution in [2.24, 2.45) is 5.92 Å². The minimum atomic E-state index is -1.32. The first-order valence-corrected chi connectivity index (χ1v) is 21.5. The molecule has 1 unspecified atom stereocenters.